The fourth-order valence-electron chi connectivity index (χ4n) is 13.3. The second kappa shape index (κ2) is 27.8. The summed E-state index contributed by atoms with van der Waals surface area (Å²) in [5.74, 6) is 1.14. The van der Waals surface area contributed by atoms with E-state index in [0.29, 0.717) is 149 Å². The van der Waals surface area contributed by atoms with Gasteiger partial charge in [-0.25, -0.2) is 31.1 Å². The molecule has 4 saturated heterocycles. The van der Waals surface area contributed by atoms with Crippen molar-refractivity contribution in [3.05, 3.63) is 122 Å². The van der Waals surface area contributed by atoms with Crippen molar-refractivity contribution in [1.82, 2.24) is 29.0 Å². The Bertz CT molecular complexity index is 3110. The Morgan fingerprint density at radius 3 is 1.40 bits per heavy atom. The highest BCUT2D eigenvalue weighted by Gasteiger charge is 2.42. The van der Waals surface area contributed by atoms with E-state index in [2.05, 4.69) is 30.2 Å². The topological polar surface area (TPSA) is 203 Å². The number of Topliss-reactive ketones (excluding diaryl/α,β-unsaturated/α-hetero) is 1. The molecular weight excluding hydrogens is 1150 g/mol. The Morgan fingerprint density at radius 2 is 0.976 bits per heavy atom. The van der Waals surface area contributed by atoms with E-state index in [0.717, 1.165) is 74.1 Å². The molecule has 4 heterocycles. The van der Waals surface area contributed by atoms with Crippen molar-refractivity contribution in [3.63, 3.8) is 0 Å². The van der Waals surface area contributed by atoms with Crippen LogP contribution in [0.2, 0.25) is 10.0 Å². The van der Waals surface area contributed by atoms with Crippen LogP contribution in [0.4, 0.5) is 5.69 Å². The normalized spacial score (nSPS) is 21.8. The summed E-state index contributed by atoms with van der Waals surface area (Å²) in [5, 5.41) is 10.9. The van der Waals surface area contributed by atoms with Crippen LogP contribution < -0.4 is 18.9 Å². The van der Waals surface area contributed by atoms with E-state index in [1.54, 1.807) is 70.5 Å². The van der Waals surface area contributed by atoms with Crippen molar-refractivity contribution >= 4 is 66.5 Å². The summed E-state index contributed by atoms with van der Waals surface area (Å²) in [4.78, 5) is 51.4. The lowest BCUT2D eigenvalue weighted by Gasteiger charge is -2.36. The molecule has 84 heavy (non-hydrogen) atoms. The third kappa shape index (κ3) is 15.0. The van der Waals surface area contributed by atoms with Crippen LogP contribution in [0.25, 0.3) is 4.85 Å². The van der Waals surface area contributed by atoms with Crippen LogP contribution >= 0.6 is 23.2 Å². The van der Waals surface area contributed by atoms with Crippen molar-refractivity contribution < 1.29 is 40.7 Å². The first-order valence-electron chi connectivity index (χ1n) is 30.1. The number of sulfonamides is 2. The molecule has 4 atom stereocenters. The molecule has 4 aromatic rings. The van der Waals surface area contributed by atoms with Crippen LogP contribution in [0, 0.1) is 17.9 Å². The molecule has 0 unspecified atom stereocenters. The number of rotatable bonds is 22. The molecule has 0 spiro atoms. The number of nitrogens with zero attached hydrogens (tertiary/aromatic N) is 6. The summed E-state index contributed by atoms with van der Waals surface area (Å²) >= 11 is 12.9. The number of hydrogen-bond acceptors (Lipinski definition) is 12. The van der Waals surface area contributed by atoms with E-state index in [4.69, 9.17) is 39.2 Å². The maximum absolute atomic E-state index is 13.5. The number of halogens is 2. The van der Waals surface area contributed by atoms with E-state index < -0.39 is 20.0 Å². The smallest absolute Gasteiger partial charge is 0.240 e. The molecule has 0 radical (unpaired) electrons. The predicted molar refractivity (Wildman–Crippen MR) is 321 cm³/mol. The maximum Gasteiger partial charge on any atom is 0.240 e. The highest BCUT2D eigenvalue weighted by molar-refractivity contribution is 7.89. The number of amides is 2. The van der Waals surface area contributed by atoms with Gasteiger partial charge in [0.25, 0.3) is 0 Å². The third-order valence-corrected chi connectivity index (χ3v) is 21.4. The number of likely N-dealkylation sites (tertiary alicyclic amines) is 4. The molecule has 4 fully saturated rings. The molecule has 4 aliphatic heterocycles. The van der Waals surface area contributed by atoms with Gasteiger partial charge in [0.1, 0.15) is 29.5 Å². The summed E-state index contributed by atoms with van der Waals surface area (Å²) in [7, 11) is -7.70. The van der Waals surface area contributed by atoms with Gasteiger partial charge in [0.05, 0.1) is 40.1 Å². The average molecular weight is 1220 g/mol. The van der Waals surface area contributed by atoms with Gasteiger partial charge in [-0.2, -0.15) is 5.26 Å². The Hall–Kier alpha value is -5.61. The minimum absolute atomic E-state index is 0.00686. The van der Waals surface area contributed by atoms with Crippen molar-refractivity contribution in [2.45, 2.75) is 175 Å². The van der Waals surface area contributed by atoms with E-state index >= 15 is 0 Å². The number of piperidine rings is 4. The Morgan fingerprint density at radius 1 is 0.571 bits per heavy atom. The highest BCUT2D eigenvalue weighted by Crippen LogP contribution is 2.45. The van der Waals surface area contributed by atoms with Gasteiger partial charge in [-0.1, -0.05) is 36.0 Å². The molecule has 448 valence electrons. The number of fused-ring (bicyclic) bond motifs is 2. The fraction of sp³-hybridized carbons (Fsp3) is 0.540. The first-order chi connectivity index (χ1) is 40.5. The van der Waals surface area contributed by atoms with Crippen LogP contribution in [0.3, 0.4) is 0 Å². The molecule has 0 aromatic heterocycles. The molecule has 2 aliphatic carbocycles. The van der Waals surface area contributed by atoms with Gasteiger partial charge in [-0.05, 0) is 211 Å². The van der Waals surface area contributed by atoms with E-state index in [1.807, 2.05) is 12.1 Å². The maximum atomic E-state index is 13.5. The first-order valence-corrected chi connectivity index (χ1v) is 33.8. The number of nitriles is 1. The number of benzene rings is 4. The zero-order valence-electron chi connectivity index (χ0n) is 47.6. The van der Waals surface area contributed by atoms with Gasteiger partial charge in [0.2, 0.25) is 31.9 Å². The summed E-state index contributed by atoms with van der Waals surface area (Å²) in [6.07, 6.45) is 13.0. The number of hydrogen-bond donors (Lipinski definition) is 2. The molecule has 6 aliphatic rings. The molecule has 17 nitrogen and oxygen atoms in total. The van der Waals surface area contributed by atoms with Gasteiger partial charge in [-0.3, -0.25) is 24.2 Å². The molecule has 0 bridgehead atoms. The van der Waals surface area contributed by atoms with E-state index in [1.165, 1.54) is 12.8 Å². The first kappa shape index (κ1) is 61.5. The molecule has 21 heteroatoms. The largest absolute Gasteiger partial charge is 0.484 e. The van der Waals surface area contributed by atoms with Crippen LogP contribution in [-0.4, -0.2) is 131 Å². The van der Waals surface area contributed by atoms with Crippen molar-refractivity contribution in [3.8, 4) is 17.6 Å². The summed E-state index contributed by atoms with van der Waals surface area (Å²) in [6.45, 7) is 13.3. The summed E-state index contributed by atoms with van der Waals surface area (Å²) < 4.78 is 73.0. The van der Waals surface area contributed by atoms with Crippen LogP contribution in [0.5, 0.6) is 11.5 Å². The molecule has 2 amide bonds. The standard InChI is InChI=1S/C63H76Cl2N8O9S2/c1-67-57-39-45(65)38-56-54(57)41-59(71-30-10-3-11-31-71)63(56)82-50-18-22-52(23-19-50)84(79,80)69-47-26-34-73(35-27-47)61(76)15-7-5-13-48(74)12-4-6-14-60(75)72-32-24-46(25-33-72)68-83(77,78)51-20-16-49(17-21-51)81-62-55-37-44(64)36-43(42-66)53(55)40-58(62)70-28-8-2-9-29-70/h16-23,36-39,46-47,58-59,62-63,68-69H,2-15,24-35,40-41H2/t58-,59-,62-,63-/m0/s1. The lowest BCUT2D eigenvalue weighted by molar-refractivity contribution is -0.133. The Kier molecular flexibility index (Phi) is 20.4. The quantitative estimate of drug-likeness (QED) is 0.0558. The van der Waals surface area contributed by atoms with E-state index in [9.17, 15) is 36.5 Å². The molecule has 0 saturated carbocycles. The van der Waals surface area contributed by atoms with Crippen molar-refractivity contribution in [2.75, 3.05) is 52.4 Å². The fourth-order valence-corrected chi connectivity index (χ4v) is 16.4. The highest BCUT2D eigenvalue weighted by atomic mass is 35.5. The van der Waals surface area contributed by atoms with Gasteiger partial charge >= 0.3 is 0 Å². The van der Waals surface area contributed by atoms with Gasteiger partial charge in [0.15, 0.2) is 5.69 Å². The minimum Gasteiger partial charge on any atom is -0.484 e. The van der Waals surface area contributed by atoms with Crippen LogP contribution in [0.1, 0.15) is 156 Å². The number of carbonyl (C=O) groups excluding carboxylic acids is 3. The second-order valence-corrected chi connectivity index (χ2v) is 27.8. The monoisotopic (exact) mass is 1220 g/mol. The van der Waals surface area contributed by atoms with Gasteiger partial charge in [-0.15, -0.1) is 0 Å². The lowest BCUT2D eigenvalue weighted by Crippen LogP contribution is -2.46. The van der Waals surface area contributed by atoms with Crippen LogP contribution in [0.15, 0.2) is 82.6 Å². The zero-order valence-corrected chi connectivity index (χ0v) is 50.8. The van der Waals surface area contributed by atoms with Gasteiger partial charge < -0.3 is 19.3 Å². The van der Waals surface area contributed by atoms with Crippen molar-refractivity contribution in [1.29, 1.82) is 5.26 Å². The number of ether oxygens (including phenoxy) is 2. The summed E-state index contributed by atoms with van der Waals surface area (Å²) in [6, 6.07) is 21.8. The third-order valence-electron chi connectivity index (χ3n) is 17.9. The molecule has 4 aromatic carbocycles. The van der Waals surface area contributed by atoms with Crippen LogP contribution in [-0.2, 0) is 47.3 Å². The van der Waals surface area contributed by atoms with Crippen molar-refractivity contribution in [2.24, 2.45) is 0 Å². The molecule has 10 rings (SSSR count). The predicted octanol–water partition coefficient (Wildman–Crippen LogP) is 10.4. The SMILES string of the molecule is [C-]#[N+]c1cc(Cl)cc2c1C[C@H](N1CCCCC1)[C@H]2Oc1ccc(S(=O)(=O)NC2CCN(C(=O)CCCCC(=O)CCCCC(=O)N3CCC(NS(=O)(=O)c4ccc(O[C@H]5c6cc(Cl)cc(C#N)c6C[C@@H]5N5CCCCC5)cc4)CC3)CC2)cc1. The molecule has 2 N–H and O–H groups in total. The summed E-state index contributed by atoms with van der Waals surface area (Å²) in [5.41, 5.74) is 4.81. The number of unbranched alkanes of at least 4 members (excludes halogenated alkanes) is 2. The number of carbonyl (C=O) groups is 3. The average Bonchev–Trinajstić information content (AvgIpc) is 2.43. The Balaban J connectivity index is 0.586. The molecular formula is C63H76Cl2N8O9S2. The number of ketones is 1. The number of nitrogens with one attached hydrogen (secondary N) is 2. The Labute approximate surface area is 505 Å². The lowest BCUT2D eigenvalue weighted by atomic mass is 10.0. The van der Waals surface area contributed by atoms with E-state index in [-0.39, 0.29) is 63.8 Å². The zero-order chi connectivity index (χ0) is 59.0. The second-order valence-electron chi connectivity index (χ2n) is 23.5. The van der Waals surface area contributed by atoms with Gasteiger partial charge in [0, 0.05) is 74.0 Å². The minimum atomic E-state index is -3.85.